The molecule has 1 aromatic carbocycles. The number of fused-ring (bicyclic) bond motifs is 1. The van der Waals surface area contributed by atoms with E-state index in [-0.39, 0.29) is 17.2 Å². The maximum absolute atomic E-state index is 12.3. The molecule has 1 aromatic rings. The summed E-state index contributed by atoms with van der Waals surface area (Å²) in [7, 11) is 0. The summed E-state index contributed by atoms with van der Waals surface area (Å²) < 4.78 is 0. The van der Waals surface area contributed by atoms with E-state index in [1.807, 2.05) is 6.07 Å². The molecule has 2 nitrogen and oxygen atoms in total. The molecule has 1 N–H and O–H groups in total. The third kappa shape index (κ3) is 3.73. The molecule has 1 amide bonds. The number of carbonyl (C=O) groups excluding carboxylic acids is 1. The van der Waals surface area contributed by atoms with Gasteiger partial charge in [0.15, 0.2) is 0 Å². The zero-order valence-electron chi connectivity index (χ0n) is 11.5. The predicted octanol–water partition coefficient (Wildman–Crippen LogP) is 3.63. The van der Waals surface area contributed by atoms with Crippen LogP contribution >= 0.6 is 11.6 Å². The van der Waals surface area contributed by atoms with Crippen molar-refractivity contribution in [3.63, 3.8) is 0 Å². The highest BCUT2D eigenvalue weighted by Crippen LogP contribution is 2.31. The number of hydrogen-bond donors (Lipinski definition) is 1. The summed E-state index contributed by atoms with van der Waals surface area (Å²) in [4.78, 5) is 12.3. The van der Waals surface area contributed by atoms with Crippen molar-refractivity contribution in [1.29, 1.82) is 0 Å². The lowest BCUT2D eigenvalue weighted by Gasteiger charge is -2.24. The zero-order chi connectivity index (χ0) is 13.7. The van der Waals surface area contributed by atoms with Gasteiger partial charge in [-0.15, -0.1) is 11.6 Å². The van der Waals surface area contributed by atoms with Crippen LogP contribution in [0.2, 0.25) is 0 Å². The Kier molecular flexibility index (Phi) is 5.26. The van der Waals surface area contributed by atoms with Gasteiger partial charge in [-0.1, -0.05) is 31.2 Å². The van der Waals surface area contributed by atoms with Gasteiger partial charge in [0.05, 0.1) is 5.92 Å². The summed E-state index contributed by atoms with van der Waals surface area (Å²) >= 11 is 6.06. The van der Waals surface area contributed by atoms with E-state index in [4.69, 9.17) is 11.6 Å². The Labute approximate surface area is 120 Å². The smallest absolute Gasteiger partial charge is 0.227 e. The van der Waals surface area contributed by atoms with E-state index >= 15 is 0 Å². The number of benzene rings is 1. The predicted molar refractivity (Wildman–Crippen MR) is 79.7 cm³/mol. The highest BCUT2D eigenvalue weighted by atomic mass is 35.5. The third-order valence-electron chi connectivity index (χ3n) is 3.89. The van der Waals surface area contributed by atoms with Crippen LogP contribution in [0.25, 0.3) is 0 Å². The number of halogens is 1. The van der Waals surface area contributed by atoms with Crippen LogP contribution in [0.4, 0.5) is 0 Å². The van der Waals surface area contributed by atoms with E-state index in [2.05, 4.69) is 30.4 Å². The van der Waals surface area contributed by atoms with Crippen LogP contribution in [-0.2, 0) is 11.2 Å². The Morgan fingerprint density at radius 3 is 3.05 bits per heavy atom. The Morgan fingerprint density at radius 2 is 2.26 bits per heavy atom. The minimum Gasteiger partial charge on any atom is -0.356 e. The topological polar surface area (TPSA) is 29.1 Å². The monoisotopic (exact) mass is 279 g/mol. The second-order valence-corrected chi connectivity index (χ2v) is 5.85. The van der Waals surface area contributed by atoms with Gasteiger partial charge in [0, 0.05) is 11.9 Å². The highest BCUT2D eigenvalue weighted by molar-refractivity contribution is 6.20. The quantitative estimate of drug-likeness (QED) is 0.820. The first kappa shape index (κ1) is 14.4. The summed E-state index contributed by atoms with van der Waals surface area (Å²) in [6.45, 7) is 2.75. The molecular formula is C16H22ClNO. The van der Waals surface area contributed by atoms with E-state index in [0.717, 1.165) is 32.1 Å². The maximum atomic E-state index is 12.3. The van der Waals surface area contributed by atoms with Crippen LogP contribution in [0, 0.1) is 0 Å². The molecule has 1 aliphatic rings. The van der Waals surface area contributed by atoms with Gasteiger partial charge in [-0.25, -0.2) is 0 Å². The average Bonchev–Trinajstić information content (AvgIpc) is 2.46. The second kappa shape index (κ2) is 6.95. The molecule has 19 heavy (non-hydrogen) atoms. The Morgan fingerprint density at radius 1 is 1.47 bits per heavy atom. The van der Waals surface area contributed by atoms with Crippen molar-refractivity contribution in [2.24, 2.45) is 0 Å². The molecule has 0 saturated carbocycles. The first-order valence-corrected chi connectivity index (χ1v) is 7.65. The molecule has 0 saturated heterocycles. The number of rotatable bonds is 5. The van der Waals surface area contributed by atoms with Crippen molar-refractivity contribution in [2.45, 2.75) is 50.3 Å². The fourth-order valence-corrected chi connectivity index (χ4v) is 2.81. The molecule has 1 aliphatic carbocycles. The van der Waals surface area contributed by atoms with E-state index in [9.17, 15) is 4.79 Å². The lowest BCUT2D eigenvalue weighted by Crippen LogP contribution is -2.32. The van der Waals surface area contributed by atoms with Crippen molar-refractivity contribution < 1.29 is 4.79 Å². The normalized spacial score (nSPS) is 19.6. The Bertz CT molecular complexity index is 433. The van der Waals surface area contributed by atoms with E-state index in [0.29, 0.717) is 6.54 Å². The molecule has 2 rings (SSSR count). The molecule has 0 bridgehead atoms. The van der Waals surface area contributed by atoms with Crippen molar-refractivity contribution in [1.82, 2.24) is 5.32 Å². The summed E-state index contributed by atoms with van der Waals surface area (Å²) in [5.41, 5.74) is 2.54. The maximum Gasteiger partial charge on any atom is 0.227 e. The van der Waals surface area contributed by atoms with Gasteiger partial charge in [-0.3, -0.25) is 4.79 Å². The van der Waals surface area contributed by atoms with Gasteiger partial charge in [0.25, 0.3) is 0 Å². The lowest BCUT2D eigenvalue weighted by atomic mass is 9.82. The van der Waals surface area contributed by atoms with Crippen molar-refractivity contribution >= 4 is 17.5 Å². The van der Waals surface area contributed by atoms with E-state index < -0.39 is 0 Å². The largest absolute Gasteiger partial charge is 0.356 e. The minimum atomic E-state index is 0.0281. The number of amides is 1. The van der Waals surface area contributed by atoms with Crippen LogP contribution in [0.15, 0.2) is 24.3 Å². The molecule has 104 valence electrons. The molecule has 0 radical (unpaired) electrons. The number of alkyl halides is 1. The molecule has 0 aliphatic heterocycles. The van der Waals surface area contributed by atoms with Gasteiger partial charge < -0.3 is 5.32 Å². The molecular weight excluding hydrogens is 258 g/mol. The molecule has 0 aromatic heterocycles. The molecule has 3 heteroatoms. The van der Waals surface area contributed by atoms with Crippen LogP contribution < -0.4 is 5.32 Å². The number of hydrogen-bond acceptors (Lipinski definition) is 1. The molecule has 0 heterocycles. The van der Waals surface area contributed by atoms with Crippen LogP contribution in [0.3, 0.4) is 0 Å². The van der Waals surface area contributed by atoms with Gasteiger partial charge >= 0.3 is 0 Å². The SMILES string of the molecule is CCC(Cl)CCNC(=O)C1CCCc2ccccc21. The zero-order valence-corrected chi connectivity index (χ0v) is 12.2. The van der Waals surface area contributed by atoms with Gasteiger partial charge in [-0.05, 0) is 43.2 Å². The molecule has 0 fully saturated rings. The van der Waals surface area contributed by atoms with Gasteiger partial charge in [0.1, 0.15) is 0 Å². The van der Waals surface area contributed by atoms with Crippen LogP contribution in [0.5, 0.6) is 0 Å². The Hall–Kier alpha value is -1.02. The number of aryl methyl sites for hydroxylation is 1. The lowest BCUT2D eigenvalue weighted by molar-refractivity contribution is -0.122. The first-order valence-electron chi connectivity index (χ1n) is 7.22. The molecule has 2 atom stereocenters. The van der Waals surface area contributed by atoms with Gasteiger partial charge in [-0.2, -0.15) is 0 Å². The molecule has 2 unspecified atom stereocenters. The summed E-state index contributed by atoms with van der Waals surface area (Å²) in [5, 5.41) is 3.20. The summed E-state index contributed by atoms with van der Waals surface area (Å²) in [5.74, 6) is 0.187. The molecule has 0 spiro atoms. The van der Waals surface area contributed by atoms with Crippen LogP contribution in [-0.4, -0.2) is 17.8 Å². The minimum absolute atomic E-state index is 0.0281. The fraction of sp³-hybridized carbons (Fsp3) is 0.562. The van der Waals surface area contributed by atoms with Crippen LogP contribution in [0.1, 0.15) is 49.7 Å². The van der Waals surface area contributed by atoms with Gasteiger partial charge in [0.2, 0.25) is 5.91 Å². The van der Waals surface area contributed by atoms with E-state index in [1.54, 1.807) is 0 Å². The Balaban J connectivity index is 1.93. The average molecular weight is 280 g/mol. The fourth-order valence-electron chi connectivity index (χ4n) is 2.71. The van der Waals surface area contributed by atoms with Crippen molar-refractivity contribution in [3.8, 4) is 0 Å². The second-order valence-electron chi connectivity index (χ2n) is 5.23. The first-order chi connectivity index (χ1) is 9.22. The van der Waals surface area contributed by atoms with E-state index in [1.165, 1.54) is 11.1 Å². The standard InChI is InChI=1S/C16H22ClNO/c1-2-13(17)10-11-18-16(19)15-9-5-7-12-6-3-4-8-14(12)15/h3-4,6,8,13,15H,2,5,7,9-11H2,1H3,(H,18,19). The van der Waals surface area contributed by atoms with Crippen molar-refractivity contribution in [3.05, 3.63) is 35.4 Å². The highest BCUT2D eigenvalue weighted by Gasteiger charge is 2.25. The third-order valence-corrected chi connectivity index (χ3v) is 4.41. The number of carbonyl (C=O) groups is 1. The number of nitrogens with one attached hydrogen (secondary N) is 1. The van der Waals surface area contributed by atoms with Crippen molar-refractivity contribution in [2.75, 3.05) is 6.54 Å². The summed E-state index contributed by atoms with van der Waals surface area (Å²) in [6, 6.07) is 8.31. The summed E-state index contributed by atoms with van der Waals surface area (Å²) in [6.07, 6.45) is 4.95.